The largest absolute Gasteiger partial charge is 0.490 e. The van der Waals surface area contributed by atoms with Gasteiger partial charge in [0.25, 0.3) is 5.91 Å². The Labute approximate surface area is 206 Å². The van der Waals surface area contributed by atoms with Crippen molar-refractivity contribution in [2.24, 2.45) is 5.92 Å². The van der Waals surface area contributed by atoms with E-state index in [2.05, 4.69) is 15.5 Å². The predicted molar refractivity (Wildman–Crippen MR) is 130 cm³/mol. The van der Waals surface area contributed by atoms with Crippen LogP contribution in [0.4, 0.5) is 5.69 Å². The van der Waals surface area contributed by atoms with Crippen LogP contribution >= 0.6 is 0 Å². The minimum absolute atomic E-state index is 0.00406. The molecule has 1 aromatic rings. The summed E-state index contributed by atoms with van der Waals surface area (Å²) >= 11 is 0. The number of likely N-dealkylation sites (tertiary alicyclic amines) is 1. The number of likely N-dealkylation sites (N-methyl/N-ethyl adjacent to an activating group) is 1. The number of ether oxygens (including phenoxy) is 2. The van der Waals surface area contributed by atoms with Crippen molar-refractivity contribution in [2.45, 2.75) is 63.2 Å². The fraction of sp³-hybridized carbons (Fsp3) is 0.654. The van der Waals surface area contributed by atoms with Crippen LogP contribution in [0.2, 0.25) is 0 Å². The number of carbonyl (C=O) groups is 3. The normalized spacial score (nSPS) is 26.7. The van der Waals surface area contributed by atoms with E-state index in [9.17, 15) is 14.4 Å². The molecular weight excluding hydrogens is 448 g/mol. The summed E-state index contributed by atoms with van der Waals surface area (Å²) in [6, 6.07) is 5.07. The van der Waals surface area contributed by atoms with Gasteiger partial charge < -0.3 is 29.9 Å². The van der Waals surface area contributed by atoms with Gasteiger partial charge in [-0.15, -0.1) is 0 Å². The summed E-state index contributed by atoms with van der Waals surface area (Å²) in [5, 5.41) is 5.93. The molecule has 9 nitrogen and oxygen atoms in total. The maximum absolute atomic E-state index is 13.3. The van der Waals surface area contributed by atoms with Crippen LogP contribution in [0.5, 0.6) is 5.75 Å². The van der Waals surface area contributed by atoms with E-state index in [0.717, 1.165) is 38.9 Å². The zero-order valence-electron chi connectivity index (χ0n) is 20.5. The number of carbonyl (C=O) groups excluding carboxylic acids is 3. The van der Waals surface area contributed by atoms with E-state index in [0.29, 0.717) is 43.0 Å². The van der Waals surface area contributed by atoms with Gasteiger partial charge in [0.1, 0.15) is 18.5 Å². The van der Waals surface area contributed by atoms with Crippen molar-refractivity contribution in [2.75, 3.05) is 45.2 Å². The fourth-order valence-corrected chi connectivity index (χ4v) is 5.33. The van der Waals surface area contributed by atoms with E-state index < -0.39 is 0 Å². The Morgan fingerprint density at radius 2 is 1.91 bits per heavy atom. The first-order chi connectivity index (χ1) is 17.0. The molecule has 0 radical (unpaired) electrons. The third-order valence-corrected chi connectivity index (χ3v) is 7.59. The van der Waals surface area contributed by atoms with Crippen LogP contribution in [-0.2, 0) is 14.3 Å². The molecule has 3 amide bonds. The van der Waals surface area contributed by atoms with Gasteiger partial charge in [0, 0.05) is 31.7 Å². The van der Waals surface area contributed by atoms with Crippen LogP contribution in [-0.4, -0.2) is 85.6 Å². The third-order valence-electron chi connectivity index (χ3n) is 7.59. The van der Waals surface area contributed by atoms with Crippen molar-refractivity contribution in [3.05, 3.63) is 23.8 Å². The zero-order chi connectivity index (χ0) is 24.4. The molecule has 0 spiro atoms. The number of fused-ring (bicyclic) bond motifs is 2. The summed E-state index contributed by atoms with van der Waals surface area (Å²) in [4.78, 5) is 42.0. The van der Waals surface area contributed by atoms with Gasteiger partial charge in [-0.25, -0.2) is 0 Å². The molecule has 0 aromatic heterocycles. The second kappa shape index (κ2) is 10.5. The van der Waals surface area contributed by atoms with Gasteiger partial charge in [0.05, 0.1) is 24.1 Å². The predicted octanol–water partition coefficient (Wildman–Crippen LogP) is 2.02. The highest BCUT2D eigenvalue weighted by molar-refractivity contribution is 6.00. The Hall–Kier alpha value is -2.65. The molecule has 5 rings (SSSR count). The highest BCUT2D eigenvalue weighted by atomic mass is 16.5. The molecule has 3 aliphatic heterocycles. The van der Waals surface area contributed by atoms with Crippen LogP contribution < -0.4 is 15.4 Å². The molecule has 3 fully saturated rings. The minimum Gasteiger partial charge on any atom is -0.490 e. The molecule has 4 aliphatic rings. The van der Waals surface area contributed by atoms with Gasteiger partial charge in [-0.1, -0.05) is 0 Å². The molecule has 0 unspecified atom stereocenters. The number of rotatable bonds is 7. The summed E-state index contributed by atoms with van der Waals surface area (Å²) in [6.45, 7) is 4.11. The molecule has 2 N–H and O–H groups in total. The lowest BCUT2D eigenvalue weighted by Crippen LogP contribution is -2.54. The molecule has 1 aromatic carbocycles. The zero-order valence-corrected chi connectivity index (χ0v) is 20.5. The summed E-state index contributed by atoms with van der Waals surface area (Å²) in [7, 11) is 1.79. The molecule has 1 saturated carbocycles. The monoisotopic (exact) mass is 484 g/mol. The highest BCUT2D eigenvalue weighted by Gasteiger charge is 2.39. The lowest BCUT2D eigenvalue weighted by molar-refractivity contribution is -0.134. The summed E-state index contributed by atoms with van der Waals surface area (Å²) < 4.78 is 12.3. The maximum atomic E-state index is 13.3. The van der Waals surface area contributed by atoms with Gasteiger partial charge in [-0.05, 0) is 69.8 Å². The van der Waals surface area contributed by atoms with E-state index in [-0.39, 0.29) is 41.9 Å². The topological polar surface area (TPSA) is 100 Å². The summed E-state index contributed by atoms with van der Waals surface area (Å²) in [5.74, 6) is 0.431. The molecule has 3 heterocycles. The number of anilines is 1. The number of hydrogen-bond acceptors (Lipinski definition) is 6. The Morgan fingerprint density at radius 1 is 1.11 bits per heavy atom. The van der Waals surface area contributed by atoms with Crippen LogP contribution in [0.1, 0.15) is 55.3 Å². The first-order valence-electron chi connectivity index (χ1n) is 13.0. The van der Waals surface area contributed by atoms with Gasteiger partial charge >= 0.3 is 0 Å². The average Bonchev–Trinajstić information content (AvgIpc) is 3.58. The van der Waals surface area contributed by atoms with Gasteiger partial charge in [-0.3, -0.25) is 14.4 Å². The van der Waals surface area contributed by atoms with Crippen molar-refractivity contribution < 1.29 is 23.9 Å². The van der Waals surface area contributed by atoms with Crippen LogP contribution in [0.25, 0.3) is 0 Å². The van der Waals surface area contributed by atoms with Crippen LogP contribution in [0.3, 0.4) is 0 Å². The highest BCUT2D eigenvalue weighted by Crippen LogP contribution is 2.34. The standard InChI is InChI=1S/C26H36N4O5/c1-29-21-8-7-19(15-24(31)27-10-13-30-11-2-3-12-30)35-23(21)16-34-22-9-6-18(14-20(22)26(29)33)28-25(32)17-4-5-17/h6,9,14,17,19,21,23H,2-5,7-8,10-13,15-16H2,1H3,(H,27,31)(H,28,32)/t19-,21-,23-/m1/s1. The van der Waals surface area contributed by atoms with Crippen molar-refractivity contribution in [1.82, 2.24) is 15.1 Å². The molecule has 3 atom stereocenters. The molecular formula is C26H36N4O5. The van der Waals surface area contributed by atoms with Crippen molar-refractivity contribution in [1.29, 1.82) is 0 Å². The molecule has 35 heavy (non-hydrogen) atoms. The first kappa shape index (κ1) is 24.1. The molecule has 190 valence electrons. The molecule has 0 bridgehead atoms. The van der Waals surface area contributed by atoms with Crippen LogP contribution in [0.15, 0.2) is 18.2 Å². The van der Waals surface area contributed by atoms with E-state index >= 15 is 0 Å². The molecule has 2 saturated heterocycles. The number of benzene rings is 1. The van der Waals surface area contributed by atoms with Crippen molar-refractivity contribution >= 4 is 23.4 Å². The number of hydrogen-bond donors (Lipinski definition) is 2. The van der Waals surface area contributed by atoms with Crippen molar-refractivity contribution in [3.8, 4) is 5.75 Å². The average molecular weight is 485 g/mol. The quantitative estimate of drug-likeness (QED) is 0.614. The first-order valence-corrected chi connectivity index (χ1v) is 13.0. The molecule has 1 aliphatic carbocycles. The minimum atomic E-state index is -0.303. The Kier molecular flexibility index (Phi) is 7.24. The Balaban J connectivity index is 1.17. The lowest BCUT2D eigenvalue weighted by Gasteiger charge is -2.42. The van der Waals surface area contributed by atoms with E-state index in [1.165, 1.54) is 12.8 Å². The number of nitrogens with zero attached hydrogens (tertiary/aromatic N) is 2. The van der Waals surface area contributed by atoms with Crippen molar-refractivity contribution in [3.63, 3.8) is 0 Å². The number of nitrogens with one attached hydrogen (secondary N) is 2. The third kappa shape index (κ3) is 5.78. The fourth-order valence-electron chi connectivity index (χ4n) is 5.33. The van der Waals surface area contributed by atoms with E-state index in [1.54, 1.807) is 30.1 Å². The second-order valence-electron chi connectivity index (χ2n) is 10.2. The SMILES string of the molecule is CN1C(=O)c2cc(NC(=O)C3CC3)ccc2OC[C@H]2O[C@@H](CC(=O)NCCN3CCCC3)CC[C@H]21. The van der Waals surface area contributed by atoms with Gasteiger partial charge in [-0.2, -0.15) is 0 Å². The molecule has 9 heteroatoms. The smallest absolute Gasteiger partial charge is 0.257 e. The lowest BCUT2D eigenvalue weighted by atomic mass is 9.94. The van der Waals surface area contributed by atoms with E-state index in [1.807, 2.05) is 0 Å². The Morgan fingerprint density at radius 3 is 2.69 bits per heavy atom. The van der Waals surface area contributed by atoms with Crippen LogP contribution in [0, 0.1) is 5.92 Å². The van der Waals surface area contributed by atoms with Gasteiger partial charge in [0.15, 0.2) is 0 Å². The summed E-state index contributed by atoms with van der Waals surface area (Å²) in [6.07, 6.45) is 5.62. The van der Waals surface area contributed by atoms with E-state index in [4.69, 9.17) is 9.47 Å². The Bertz CT molecular complexity index is 959. The summed E-state index contributed by atoms with van der Waals surface area (Å²) in [5.41, 5.74) is 1.05. The maximum Gasteiger partial charge on any atom is 0.257 e. The second-order valence-corrected chi connectivity index (χ2v) is 10.2. The van der Waals surface area contributed by atoms with Gasteiger partial charge in [0.2, 0.25) is 11.8 Å². The number of amides is 3.